The minimum Gasteiger partial charge on any atom is -0.372 e. The van der Waals surface area contributed by atoms with Crippen molar-refractivity contribution in [2.24, 2.45) is 0 Å². The van der Waals surface area contributed by atoms with Crippen molar-refractivity contribution in [1.82, 2.24) is 29.7 Å². The Morgan fingerprint density at radius 3 is 2.48 bits per heavy atom. The predicted octanol–water partition coefficient (Wildman–Crippen LogP) is 2.81. The molecule has 1 aliphatic rings. The molecule has 0 aliphatic heterocycles. The summed E-state index contributed by atoms with van der Waals surface area (Å²) >= 11 is 5.84. The average molecular weight is 464 g/mol. The summed E-state index contributed by atoms with van der Waals surface area (Å²) in [7, 11) is -2.53. The molecule has 0 aromatic carbocycles. The Labute approximate surface area is 185 Å². The SMILES string of the molecule is COC(c1ncc(Cl)cn1)C(C)S(=O)(=O)Nc1nnc(-c2ccccn2)n1C1(C)CC1. The third kappa shape index (κ3) is 4.25. The molecule has 2 unspecified atom stereocenters. The number of hydrogen-bond donors (Lipinski definition) is 1. The van der Waals surface area contributed by atoms with Gasteiger partial charge in [0.2, 0.25) is 16.0 Å². The van der Waals surface area contributed by atoms with Gasteiger partial charge in [-0.05, 0) is 38.8 Å². The first-order valence-electron chi connectivity index (χ1n) is 9.64. The number of rotatable bonds is 8. The van der Waals surface area contributed by atoms with E-state index in [-0.39, 0.29) is 17.3 Å². The number of aromatic nitrogens is 6. The van der Waals surface area contributed by atoms with Crippen LogP contribution in [0.2, 0.25) is 5.02 Å². The number of hydrogen-bond acceptors (Lipinski definition) is 8. The van der Waals surface area contributed by atoms with Crippen molar-refractivity contribution >= 4 is 27.6 Å². The summed E-state index contributed by atoms with van der Waals surface area (Å²) in [5, 5.41) is 7.68. The number of pyridine rings is 1. The summed E-state index contributed by atoms with van der Waals surface area (Å²) in [5.74, 6) is 0.865. The van der Waals surface area contributed by atoms with Gasteiger partial charge in [-0.25, -0.2) is 18.4 Å². The average Bonchev–Trinajstić information content (AvgIpc) is 3.36. The standard InChI is InChI=1S/C19H22ClN7O3S/c1-12(15(30-3)16-22-10-13(20)11-23-16)31(28,29)26-18-25-24-17(14-6-4-5-9-21-14)27(18)19(2)7-8-19/h4-6,9-12,15H,7-8H2,1-3H3,(H,25,26). The molecule has 1 aliphatic carbocycles. The van der Waals surface area contributed by atoms with E-state index < -0.39 is 21.4 Å². The molecule has 12 heteroatoms. The fourth-order valence-corrected chi connectivity index (χ4v) is 4.51. The second-order valence-electron chi connectivity index (χ2n) is 7.66. The Balaban J connectivity index is 1.66. The summed E-state index contributed by atoms with van der Waals surface area (Å²) in [4.78, 5) is 12.5. The lowest BCUT2D eigenvalue weighted by atomic mass is 10.2. The molecule has 4 rings (SSSR count). The third-order valence-electron chi connectivity index (χ3n) is 5.37. The van der Waals surface area contributed by atoms with Gasteiger partial charge in [0, 0.05) is 31.2 Å². The monoisotopic (exact) mass is 463 g/mol. The van der Waals surface area contributed by atoms with Gasteiger partial charge >= 0.3 is 0 Å². The van der Waals surface area contributed by atoms with Gasteiger partial charge < -0.3 is 4.74 Å². The summed E-state index contributed by atoms with van der Waals surface area (Å²) in [6.07, 6.45) is 5.31. The molecule has 2 atom stereocenters. The van der Waals surface area contributed by atoms with Gasteiger partial charge in [-0.2, -0.15) is 0 Å². The van der Waals surface area contributed by atoms with Crippen LogP contribution in [0.3, 0.4) is 0 Å². The van der Waals surface area contributed by atoms with E-state index in [1.165, 1.54) is 26.4 Å². The number of sulfonamides is 1. The van der Waals surface area contributed by atoms with E-state index in [1.807, 2.05) is 19.1 Å². The zero-order valence-corrected chi connectivity index (χ0v) is 18.8. The third-order valence-corrected chi connectivity index (χ3v) is 7.26. The molecule has 0 amide bonds. The van der Waals surface area contributed by atoms with E-state index in [0.717, 1.165) is 12.8 Å². The van der Waals surface area contributed by atoms with Crippen molar-refractivity contribution in [2.75, 3.05) is 11.8 Å². The molecule has 1 saturated carbocycles. The molecule has 0 radical (unpaired) electrons. The van der Waals surface area contributed by atoms with Crippen molar-refractivity contribution in [3.63, 3.8) is 0 Å². The van der Waals surface area contributed by atoms with Gasteiger partial charge in [0.25, 0.3) is 0 Å². The zero-order valence-electron chi connectivity index (χ0n) is 17.2. The van der Waals surface area contributed by atoms with Crippen LogP contribution in [-0.4, -0.2) is 50.5 Å². The van der Waals surface area contributed by atoms with E-state index in [1.54, 1.807) is 16.8 Å². The molecule has 3 aromatic rings. The van der Waals surface area contributed by atoms with Crippen LogP contribution in [0.5, 0.6) is 0 Å². The van der Waals surface area contributed by atoms with Crippen molar-refractivity contribution in [1.29, 1.82) is 0 Å². The lowest BCUT2D eigenvalue weighted by Crippen LogP contribution is -2.34. The molecule has 10 nitrogen and oxygen atoms in total. The van der Waals surface area contributed by atoms with Crippen molar-refractivity contribution in [2.45, 2.75) is 43.6 Å². The van der Waals surface area contributed by atoms with Crippen molar-refractivity contribution < 1.29 is 13.2 Å². The van der Waals surface area contributed by atoms with Gasteiger partial charge in [-0.1, -0.05) is 17.7 Å². The van der Waals surface area contributed by atoms with E-state index in [4.69, 9.17) is 16.3 Å². The first-order valence-corrected chi connectivity index (χ1v) is 11.6. The lowest BCUT2D eigenvalue weighted by Gasteiger charge is -2.23. The Bertz CT molecular complexity index is 1160. The summed E-state index contributed by atoms with van der Waals surface area (Å²) in [5.41, 5.74) is 0.336. The molecule has 3 aromatic heterocycles. The minimum absolute atomic E-state index is 0.138. The molecule has 0 spiro atoms. The van der Waals surface area contributed by atoms with Gasteiger partial charge in [0.15, 0.2) is 11.6 Å². The minimum atomic E-state index is -3.94. The molecule has 1 fully saturated rings. The summed E-state index contributed by atoms with van der Waals surface area (Å²) < 4.78 is 36.2. The first kappa shape index (κ1) is 21.6. The molecule has 31 heavy (non-hydrogen) atoms. The molecule has 0 saturated heterocycles. The van der Waals surface area contributed by atoms with Gasteiger partial charge in [0.05, 0.1) is 5.02 Å². The lowest BCUT2D eigenvalue weighted by molar-refractivity contribution is 0.0950. The highest BCUT2D eigenvalue weighted by Crippen LogP contribution is 2.46. The maximum atomic E-state index is 13.2. The zero-order chi connectivity index (χ0) is 22.2. The number of anilines is 1. The second kappa shape index (κ2) is 8.13. The van der Waals surface area contributed by atoms with E-state index in [2.05, 4.69) is 29.9 Å². The number of nitrogens with zero attached hydrogens (tertiary/aromatic N) is 6. The van der Waals surface area contributed by atoms with Crippen LogP contribution in [0.15, 0.2) is 36.8 Å². The maximum absolute atomic E-state index is 13.2. The first-order chi connectivity index (χ1) is 14.7. The van der Waals surface area contributed by atoms with Crippen molar-refractivity contribution in [3.05, 3.63) is 47.6 Å². The Kier molecular flexibility index (Phi) is 5.67. The highest BCUT2D eigenvalue weighted by molar-refractivity contribution is 7.93. The molecule has 3 heterocycles. The van der Waals surface area contributed by atoms with E-state index in [0.29, 0.717) is 16.5 Å². The highest BCUT2D eigenvalue weighted by Gasteiger charge is 2.44. The quantitative estimate of drug-likeness (QED) is 0.540. The van der Waals surface area contributed by atoms with Crippen LogP contribution in [0.4, 0.5) is 5.95 Å². The van der Waals surface area contributed by atoms with Crippen LogP contribution in [0, 0.1) is 0 Å². The number of nitrogens with one attached hydrogen (secondary N) is 1. The molecular weight excluding hydrogens is 442 g/mol. The fourth-order valence-electron chi connectivity index (χ4n) is 3.29. The number of halogens is 1. The molecule has 0 bridgehead atoms. The molecule has 1 N–H and O–H groups in total. The van der Waals surface area contributed by atoms with Gasteiger partial charge in [-0.15, -0.1) is 10.2 Å². The van der Waals surface area contributed by atoms with Crippen molar-refractivity contribution in [3.8, 4) is 11.5 Å². The number of methoxy groups -OCH3 is 1. The van der Waals surface area contributed by atoms with E-state index in [9.17, 15) is 8.42 Å². The largest absolute Gasteiger partial charge is 0.372 e. The Hall–Kier alpha value is -2.63. The van der Waals surface area contributed by atoms with Crippen LogP contribution in [0.1, 0.15) is 38.6 Å². The Morgan fingerprint density at radius 2 is 1.90 bits per heavy atom. The fraction of sp³-hybridized carbons (Fsp3) is 0.421. The van der Waals surface area contributed by atoms with Crippen LogP contribution < -0.4 is 4.72 Å². The van der Waals surface area contributed by atoms with Crippen LogP contribution >= 0.6 is 11.6 Å². The van der Waals surface area contributed by atoms with Gasteiger partial charge in [0.1, 0.15) is 17.0 Å². The summed E-state index contributed by atoms with van der Waals surface area (Å²) in [6.45, 7) is 3.55. The van der Waals surface area contributed by atoms with Crippen LogP contribution in [-0.2, 0) is 20.3 Å². The second-order valence-corrected chi connectivity index (χ2v) is 10.1. The molecule has 164 valence electrons. The predicted molar refractivity (Wildman–Crippen MR) is 115 cm³/mol. The van der Waals surface area contributed by atoms with E-state index >= 15 is 0 Å². The summed E-state index contributed by atoms with van der Waals surface area (Å²) in [6, 6.07) is 5.46. The van der Waals surface area contributed by atoms with Gasteiger partial charge in [-0.3, -0.25) is 14.3 Å². The topological polar surface area (TPSA) is 125 Å². The number of ether oxygens (including phenoxy) is 1. The van der Waals surface area contributed by atoms with Crippen LogP contribution in [0.25, 0.3) is 11.5 Å². The molecular formula is C19H22ClN7O3S. The Morgan fingerprint density at radius 1 is 1.19 bits per heavy atom. The maximum Gasteiger partial charge on any atom is 0.240 e. The highest BCUT2D eigenvalue weighted by atomic mass is 35.5. The smallest absolute Gasteiger partial charge is 0.240 e. The normalized spacial score (nSPS) is 17.2.